The van der Waals surface area contributed by atoms with E-state index in [-0.39, 0.29) is 5.82 Å². The van der Waals surface area contributed by atoms with Crippen LogP contribution in [0.3, 0.4) is 0 Å². The van der Waals surface area contributed by atoms with Gasteiger partial charge in [-0.2, -0.15) is 13.2 Å². The summed E-state index contributed by atoms with van der Waals surface area (Å²) < 4.78 is 39.5. The highest BCUT2D eigenvalue weighted by Crippen LogP contribution is 2.32. The van der Waals surface area contributed by atoms with Crippen molar-refractivity contribution in [3.63, 3.8) is 0 Å². The van der Waals surface area contributed by atoms with E-state index < -0.39 is 23.5 Å². The lowest BCUT2D eigenvalue weighted by Crippen LogP contribution is -2.31. The van der Waals surface area contributed by atoms with Crippen molar-refractivity contribution in [2.24, 2.45) is 0 Å². The third-order valence-electron chi connectivity index (χ3n) is 5.07. The molecule has 1 aromatic carbocycles. The average molecular weight is 431 g/mol. The van der Waals surface area contributed by atoms with Crippen molar-refractivity contribution in [3.8, 4) is 0 Å². The molecule has 4 rings (SSSR count). The lowest BCUT2D eigenvalue weighted by atomic mass is 10.1. The molecule has 0 bridgehead atoms. The number of H-pyrrole nitrogens is 2. The van der Waals surface area contributed by atoms with Gasteiger partial charge in [-0.25, -0.2) is 9.78 Å². The Morgan fingerprint density at radius 2 is 1.87 bits per heavy atom. The van der Waals surface area contributed by atoms with Gasteiger partial charge in [-0.1, -0.05) is 6.07 Å². The van der Waals surface area contributed by atoms with Crippen LogP contribution in [0, 0.1) is 0 Å². The van der Waals surface area contributed by atoms with Gasteiger partial charge in [0.05, 0.1) is 16.7 Å². The standard InChI is InChI=1S/C21H20F3N5O2/c22-21(23,24)16-9-7-13(19(27-16)29-11-2-1-3-12-29)8-10-17(30)25-14-5-4-6-15-18(14)28-20(31)26-15/h4-10H,1-3,11-12H2,(H,25,30)(H2,26,28,31)/b10-8+. The number of anilines is 2. The van der Waals surface area contributed by atoms with Gasteiger partial charge >= 0.3 is 11.9 Å². The minimum Gasteiger partial charge on any atom is -0.356 e. The third-order valence-corrected chi connectivity index (χ3v) is 5.07. The van der Waals surface area contributed by atoms with Crippen molar-refractivity contribution in [2.75, 3.05) is 23.3 Å². The largest absolute Gasteiger partial charge is 0.433 e. The number of fused-ring (bicyclic) bond motifs is 1. The molecule has 3 heterocycles. The first-order chi connectivity index (χ1) is 14.8. The lowest BCUT2D eigenvalue weighted by Gasteiger charge is -2.29. The van der Waals surface area contributed by atoms with Crippen LogP contribution in [0.25, 0.3) is 17.1 Å². The quantitative estimate of drug-likeness (QED) is 0.546. The summed E-state index contributed by atoms with van der Waals surface area (Å²) in [5.41, 5.74) is 0.489. The summed E-state index contributed by atoms with van der Waals surface area (Å²) in [6.45, 7) is 1.23. The van der Waals surface area contributed by atoms with Crippen molar-refractivity contribution < 1.29 is 18.0 Å². The van der Waals surface area contributed by atoms with E-state index in [1.165, 1.54) is 18.2 Å². The van der Waals surface area contributed by atoms with Gasteiger partial charge < -0.3 is 20.2 Å². The van der Waals surface area contributed by atoms with Gasteiger partial charge in [0, 0.05) is 24.7 Å². The fourth-order valence-electron chi connectivity index (χ4n) is 3.61. The zero-order chi connectivity index (χ0) is 22.0. The summed E-state index contributed by atoms with van der Waals surface area (Å²) in [6, 6.07) is 7.25. The Bertz CT molecular complexity index is 1190. The monoisotopic (exact) mass is 431 g/mol. The molecule has 0 aliphatic carbocycles. The highest BCUT2D eigenvalue weighted by molar-refractivity contribution is 6.06. The molecule has 1 aliphatic heterocycles. The molecule has 162 valence electrons. The second-order valence-electron chi connectivity index (χ2n) is 7.28. The van der Waals surface area contributed by atoms with Gasteiger partial charge in [0.2, 0.25) is 5.91 Å². The number of para-hydroxylation sites is 1. The van der Waals surface area contributed by atoms with Crippen LogP contribution in [0.2, 0.25) is 0 Å². The SMILES string of the molecule is O=C(/C=C/c1ccc(C(F)(F)F)nc1N1CCCCC1)Nc1cccc2[nH]c(=O)[nH]c12. The van der Waals surface area contributed by atoms with E-state index in [4.69, 9.17) is 0 Å². The molecule has 3 N–H and O–H groups in total. The minimum atomic E-state index is -4.55. The van der Waals surface area contributed by atoms with E-state index in [0.717, 1.165) is 25.3 Å². The normalized spacial score (nSPS) is 15.0. The van der Waals surface area contributed by atoms with Crippen molar-refractivity contribution >= 4 is 34.5 Å². The number of carbonyl (C=O) groups excluding carboxylic acids is 1. The molecular formula is C21H20F3N5O2. The smallest absolute Gasteiger partial charge is 0.356 e. The predicted molar refractivity (Wildman–Crippen MR) is 112 cm³/mol. The Hall–Kier alpha value is -3.56. The maximum absolute atomic E-state index is 13.2. The van der Waals surface area contributed by atoms with Crippen molar-refractivity contribution in [2.45, 2.75) is 25.4 Å². The molecule has 0 atom stereocenters. The maximum Gasteiger partial charge on any atom is 0.433 e. The molecule has 0 saturated carbocycles. The maximum atomic E-state index is 13.2. The van der Waals surface area contributed by atoms with Crippen LogP contribution in [-0.2, 0) is 11.0 Å². The van der Waals surface area contributed by atoms with Gasteiger partial charge in [-0.05, 0) is 49.6 Å². The van der Waals surface area contributed by atoms with Crippen molar-refractivity contribution in [3.05, 3.63) is 58.1 Å². The lowest BCUT2D eigenvalue weighted by molar-refractivity contribution is -0.141. The van der Waals surface area contributed by atoms with Gasteiger partial charge in [-0.15, -0.1) is 0 Å². The molecule has 2 aromatic heterocycles. The molecule has 3 aromatic rings. The summed E-state index contributed by atoms with van der Waals surface area (Å²) in [5, 5.41) is 2.67. The number of carbonyl (C=O) groups is 1. The molecule has 0 spiro atoms. The van der Waals surface area contributed by atoms with Crippen LogP contribution >= 0.6 is 0 Å². The highest BCUT2D eigenvalue weighted by Gasteiger charge is 2.33. The van der Waals surface area contributed by atoms with Crippen LogP contribution in [-0.4, -0.2) is 33.9 Å². The van der Waals surface area contributed by atoms with Gasteiger partial charge in [0.25, 0.3) is 0 Å². The number of alkyl halides is 3. The molecule has 0 radical (unpaired) electrons. The topological polar surface area (TPSA) is 93.9 Å². The molecule has 1 fully saturated rings. The molecular weight excluding hydrogens is 411 g/mol. The van der Waals surface area contributed by atoms with E-state index in [0.29, 0.717) is 35.4 Å². The predicted octanol–water partition coefficient (Wildman–Crippen LogP) is 3.91. The molecule has 1 amide bonds. The Labute approximate surface area is 175 Å². The molecule has 10 heteroatoms. The summed E-state index contributed by atoms with van der Waals surface area (Å²) in [7, 11) is 0. The van der Waals surface area contributed by atoms with E-state index >= 15 is 0 Å². The molecule has 0 unspecified atom stereocenters. The molecule has 7 nitrogen and oxygen atoms in total. The van der Waals surface area contributed by atoms with Crippen LogP contribution < -0.4 is 15.9 Å². The Morgan fingerprint density at radius 3 is 2.61 bits per heavy atom. The Morgan fingerprint density at radius 1 is 1.10 bits per heavy atom. The minimum absolute atomic E-state index is 0.218. The second-order valence-corrected chi connectivity index (χ2v) is 7.28. The number of imidazole rings is 1. The number of aromatic amines is 2. The van der Waals surface area contributed by atoms with Gasteiger partial charge in [0.15, 0.2) is 0 Å². The summed E-state index contributed by atoms with van der Waals surface area (Å²) >= 11 is 0. The van der Waals surface area contributed by atoms with E-state index in [9.17, 15) is 22.8 Å². The number of nitrogens with one attached hydrogen (secondary N) is 3. The van der Waals surface area contributed by atoms with E-state index in [2.05, 4.69) is 20.3 Å². The number of rotatable bonds is 4. The molecule has 1 aliphatic rings. The van der Waals surface area contributed by atoms with Crippen LogP contribution in [0.4, 0.5) is 24.7 Å². The first-order valence-electron chi connectivity index (χ1n) is 9.84. The number of amides is 1. The number of nitrogens with zero attached hydrogens (tertiary/aromatic N) is 2. The molecule has 1 saturated heterocycles. The summed E-state index contributed by atoms with van der Waals surface area (Å²) in [6.07, 6.45) is 0.917. The summed E-state index contributed by atoms with van der Waals surface area (Å²) in [4.78, 5) is 34.8. The van der Waals surface area contributed by atoms with Crippen LogP contribution in [0.1, 0.15) is 30.5 Å². The molecule has 31 heavy (non-hydrogen) atoms. The average Bonchev–Trinajstić information content (AvgIpc) is 3.13. The summed E-state index contributed by atoms with van der Waals surface area (Å²) in [5.74, 6) is -0.269. The zero-order valence-corrected chi connectivity index (χ0v) is 16.4. The number of hydrogen-bond acceptors (Lipinski definition) is 4. The fraction of sp³-hybridized carbons (Fsp3) is 0.286. The number of piperidine rings is 1. The van der Waals surface area contributed by atoms with E-state index in [1.807, 2.05) is 4.90 Å². The first kappa shape index (κ1) is 20.7. The number of hydrogen-bond donors (Lipinski definition) is 3. The number of benzene rings is 1. The zero-order valence-electron chi connectivity index (χ0n) is 16.4. The number of halogens is 3. The van der Waals surface area contributed by atoms with Gasteiger partial charge in [0.1, 0.15) is 11.5 Å². The second kappa shape index (κ2) is 8.29. The number of pyridine rings is 1. The van der Waals surface area contributed by atoms with Crippen molar-refractivity contribution in [1.82, 2.24) is 15.0 Å². The van der Waals surface area contributed by atoms with E-state index in [1.54, 1.807) is 18.2 Å². The highest BCUT2D eigenvalue weighted by atomic mass is 19.4. The third kappa shape index (κ3) is 4.62. The van der Waals surface area contributed by atoms with Gasteiger partial charge in [-0.3, -0.25) is 4.79 Å². The number of aromatic nitrogens is 3. The van der Waals surface area contributed by atoms with Crippen molar-refractivity contribution in [1.29, 1.82) is 0 Å². The fourth-order valence-corrected chi connectivity index (χ4v) is 3.61. The van der Waals surface area contributed by atoms with Crippen LogP contribution in [0.5, 0.6) is 0 Å². The first-order valence-corrected chi connectivity index (χ1v) is 9.84. The Balaban J connectivity index is 1.59. The Kier molecular flexibility index (Phi) is 5.53. The van der Waals surface area contributed by atoms with Crippen LogP contribution in [0.15, 0.2) is 41.2 Å².